The predicted molar refractivity (Wildman–Crippen MR) is 57.5 cm³/mol. The molecular weight excluding hydrogens is 190 g/mol. The molecule has 1 atom stereocenters. The molecule has 0 aromatic carbocycles. The van der Waals surface area contributed by atoms with Crippen molar-refractivity contribution in [1.82, 2.24) is 14.5 Å². The maximum Gasteiger partial charge on any atom is 0.191 e. The molecule has 5 heteroatoms. The van der Waals surface area contributed by atoms with Gasteiger partial charge in [-0.1, -0.05) is 0 Å². The van der Waals surface area contributed by atoms with Crippen LogP contribution in [0.1, 0.15) is 30.6 Å². The second-order valence-electron chi connectivity index (χ2n) is 4.28. The number of hydrogen-bond acceptors (Lipinski definition) is 4. The van der Waals surface area contributed by atoms with Gasteiger partial charge in [-0.15, -0.1) is 0 Å². The van der Waals surface area contributed by atoms with Crippen molar-refractivity contribution < 1.29 is 0 Å². The zero-order chi connectivity index (χ0) is 10.4. The number of guanidine groups is 1. The Morgan fingerprint density at radius 2 is 2.27 bits per heavy atom. The molecule has 0 spiro atoms. The number of imidazole rings is 1. The Morgan fingerprint density at radius 3 is 2.87 bits per heavy atom. The maximum absolute atomic E-state index is 5.76. The van der Waals surface area contributed by atoms with E-state index in [4.69, 9.17) is 5.73 Å². The molecule has 2 aliphatic rings. The Morgan fingerprint density at radius 1 is 1.47 bits per heavy atom. The Bertz CT molecular complexity index is 404. The predicted octanol–water partition coefficient (Wildman–Crippen LogP) is 0.519. The minimum atomic E-state index is 0.271. The van der Waals surface area contributed by atoms with Crippen molar-refractivity contribution in [2.75, 3.05) is 13.6 Å². The first kappa shape index (κ1) is 8.76. The topological polar surface area (TPSA) is 59.4 Å². The second kappa shape index (κ2) is 2.98. The van der Waals surface area contributed by atoms with E-state index in [1.165, 1.54) is 18.5 Å². The Labute approximate surface area is 88.6 Å². The lowest BCUT2D eigenvalue weighted by atomic mass is 10.2. The third kappa shape index (κ3) is 1.30. The largest absolute Gasteiger partial charge is 0.370 e. The molecule has 1 aliphatic heterocycles. The summed E-state index contributed by atoms with van der Waals surface area (Å²) in [5, 5.41) is 0. The lowest BCUT2D eigenvalue weighted by Crippen LogP contribution is -2.33. The fourth-order valence-corrected chi connectivity index (χ4v) is 2.10. The van der Waals surface area contributed by atoms with Gasteiger partial charge in [0.1, 0.15) is 0 Å². The summed E-state index contributed by atoms with van der Waals surface area (Å²) in [7, 11) is 1.99. The molecule has 0 radical (unpaired) electrons. The Kier molecular flexibility index (Phi) is 1.74. The van der Waals surface area contributed by atoms with E-state index in [1.807, 2.05) is 24.5 Å². The van der Waals surface area contributed by atoms with Crippen LogP contribution in [0.3, 0.4) is 0 Å². The van der Waals surface area contributed by atoms with Crippen LogP contribution in [0.15, 0.2) is 17.5 Å². The number of aliphatic imine (C=N–C) groups is 1. The van der Waals surface area contributed by atoms with Gasteiger partial charge in [-0.05, 0) is 12.8 Å². The Hall–Kier alpha value is -1.52. The molecule has 5 nitrogen and oxygen atoms in total. The van der Waals surface area contributed by atoms with Crippen molar-refractivity contribution in [3.05, 3.63) is 18.2 Å². The van der Waals surface area contributed by atoms with E-state index < -0.39 is 0 Å². The van der Waals surface area contributed by atoms with Gasteiger partial charge in [-0.3, -0.25) is 4.99 Å². The number of nitrogens with two attached hydrogens (primary N) is 1. The van der Waals surface area contributed by atoms with Crippen LogP contribution in [0.5, 0.6) is 0 Å². The molecular formula is C10H15N5. The highest BCUT2D eigenvalue weighted by molar-refractivity contribution is 5.80. The number of rotatable bonds is 2. The molecule has 1 aromatic heterocycles. The van der Waals surface area contributed by atoms with Crippen molar-refractivity contribution in [3.63, 3.8) is 0 Å². The van der Waals surface area contributed by atoms with Crippen molar-refractivity contribution in [2.24, 2.45) is 10.7 Å². The summed E-state index contributed by atoms with van der Waals surface area (Å²) in [6.07, 6.45) is 6.41. The SMILES string of the molecule is CN1C(N)=NCC1c1cncn1C1CC1. The van der Waals surface area contributed by atoms with E-state index in [0.717, 1.165) is 6.54 Å². The molecule has 80 valence electrons. The highest BCUT2D eigenvalue weighted by Gasteiger charge is 2.31. The quantitative estimate of drug-likeness (QED) is 0.765. The highest BCUT2D eigenvalue weighted by atomic mass is 15.3. The van der Waals surface area contributed by atoms with Crippen LogP contribution in [0.4, 0.5) is 0 Å². The third-order valence-corrected chi connectivity index (χ3v) is 3.23. The van der Waals surface area contributed by atoms with Gasteiger partial charge in [-0.2, -0.15) is 0 Å². The summed E-state index contributed by atoms with van der Waals surface area (Å²) in [4.78, 5) is 10.5. The van der Waals surface area contributed by atoms with E-state index in [9.17, 15) is 0 Å². The number of likely N-dealkylation sites (N-methyl/N-ethyl adjacent to an activating group) is 1. The van der Waals surface area contributed by atoms with Crippen LogP contribution in [0.25, 0.3) is 0 Å². The zero-order valence-electron chi connectivity index (χ0n) is 8.80. The maximum atomic E-state index is 5.76. The van der Waals surface area contributed by atoms with Crippen LogP contribution in [0, 0.1) is 0 Å². The molecule has 0 bridgehead atoms. The van der Waals surface area contributed by atoms with Crippen molar-refractivity contribution in [2.45, 2.75) is 24.9 Å². The smallest absolute Gasteiger partial charge is 0.191 e. The summed E-state index contributed by atoms with van der Waals surface area (Å²) >= 11 is 0. The van der Waals surface area contributed by atoms with Crippen molar-refractivity contribution in [3.8, 4) is 0 Å². The first-order chi connectivity index (χ1) is 7.27. The van der Waals surface area contributed by atoms with E-state index >= 15 is 0 Å². The highest BCUT2D eigenvalue weighted by Crippen LogP contribution is 2.38. The fraction of sp³-hybridized carbons (Fsp3) is 0.600. The first-order valence-electron chi connectivity index (χ1n) is 5.32. The van der Waals surface area contributed by atoms with E-state index in [-0.39, 0.29) is 6.04 Å². The molecule has 1 unspecified atom stereocenters. The molecule has 2 heterocycles. The van der Waals surface area contributed by atoms with Crippen LogP contribution in [-0.4, -0.2) is 34.0 Å². The van der Waals surface area contributed by atoms with E-state index in [2.05, 4.69) is 14.5 Å². The molecule has 0 saturated heterocycles. The van der Waals surface area contributed by atoms with Crippen LogP contribution < -0.4 is 5.73 Å². The number of hydrogen-bond donors (Lipinski definition) is 1. The summed E-state index contributed by atoms with van der Waals surface area (Å²) in [6.45, 7) is 0.751. The van der Waals surface area contributed by atoms with Crippen molar-refractivity contribution >= 4 is 5.96 Å². The van der Waals surface area contributed by atoms with Gasteiger partial charge in [0, 0.05) is 13.1 Å². The summed E-state index contributed by atoms with van der Waals surface area (Å²) in [6, 6.07) is 0.936. The van der Waals surface area contributed by atoms with Gasteiger partial charge < -0.3 is 15.2 Å². The van der Waals surface area contributed by atoms with E-state index in [1.54, 1.807) is 0 Å². The fourth-order valence-electron chi connectivity index (χ4n) is 2.10. The first-order valence-corrected chi connectivity index (χ1v) is 5.32. The van der Waals surface area contributed by atoms with Crippen molar-refractivity contribution in [1.29, 1.82) is 0 Å². The molecule has 0 amide bonds. The second-order valence-corrected chi connectivity index (χ2v) is 4.28. The van der Waals surface area contributed by atoms with Gasteiger partial charge in [0.15, 0.2) is 5.96 Å². The minimum absolute atomic E-state index is 0.271. The molecule has 2 N–H and O–H groups in total. The number of nitrogens with zero attached hydrogens (tertiary/aromatic N) is 4. The van der Waals surface area contributed by atoms with Gasteiger partial charge in [0.05, 0.1) is 30.8 Å². The lowest BCUT2D eigenvalue weighted by Gasteiger charge is -2.22. The average Bonchev–Trinajstić information content (AvgIpc) is 2.88. The van der Waals surface area contributed by atoms with Crippen LogP contribution in [0.2, 0.25) is 0 Å². The van der Waals surface area contributed by atoms with Gasteiger partial charge in [0.2, 0.25) is 0 Å². The van der Waals surface area contributed by atoms with Crippen LogP contribution in [-0.2, 0) is 0 Å². The van der Waals surface area contributed by atoms with Gasteiger partial charge in [-0.25, -0.2) is 4.98 Å². The number of aromatic nitrogens is 2. The van der Waals surface area contributed by atoms with Crippen LogP contribution >= 0.6 is 0 Å². The Balaban J connectivity index is 1.90. The zero-order valence-corrected chi connectivity index (χ0v) is 8.80. The summed E-state index contributed by atoms with van der Waals surface area (Å²) < 4.78 is 2.27. The monoisotopic (exact) mass is 205 g/mol. The molecule has 3 rings (SSSR count). The summed E-state index contributed by atoms with van der Waals surface area (Å²) in [5.74, 6) is 0.628. The summed E-state index contributed by atoms with van der Waals surface area (Å²) in [5.41, 5.74) is 7.00. The standard InChI is InChI=1S/C10H15N5/c1-14-8(5-13-10(14)11)9-4-12-6-15(9)7-2-3-7/h4,6-8H,2-3,5H2,1H3,(H2,11,13). The molecule has 1 fully saturated rings. The normalized spacial score (nSPS) is 25.8. The van der Waals surface area contributed by atoms with Gasteiger partial charge in [0.25, 0.3) is 0 Å². The minimum Gasteiger partial charge on any atom is -0.370 e. The van der Waals surface area contributed by atoms with E-state index in [0.29, 0.717) is 12.0 Å². The molecule has 15 heavy (non-hydrogen) atoms. The molecule has 1 aliphatic carbocycles. The van der Waals surface area contributed by atoms with Gasteiger partial charge >= 0.3 is 0 Å². The molecule has 1 saturated carbocycles. The third-order valence-electron chi connectivity index (χ3n) is 3.23. The average molecular weight is 205 g/mol. The lowest BCUT2D eigenvalue weighted by molar-refractivity contribution is 0.392. The molecule has 1 aromatic rings.